The molecule has 19 heavy (non-hydrogen) atoms. The van der Waals surface area contributed by atoms with Crippen molar-refractivity contribution in [1.82, 2.24) is 0 Å². The van der Waals surface area contributed by atoms with E-state index in [-0.39, 0.29) is 0 Å². The molecule has 0 aliphatic heterocycles. The van der Waals surface area contributed by atoms with Crippen molar-refractivity contribution in [2.24, 2.45) is 0 Å². The maximum Gasteiger partial charge on any atom is 0.0506 e. The maximum absolute atomic E-state index is 5.68. The van der Waals surface area contributed by atoms with E-state index in [1.807, 2.05) is 6.07 Å². The molecule has 2 rings (SSSR count). The number of hydrogen-bond donors (Lipinski definition) is 0. The summed E-state index contributed by atoms with van der Waals surface area (Å²) in [5, 5.41) is 0. The molecule has 0 amide bonds. The second-order valence-corrected chi connectivity index (χ2v) is 4.79. The summed E-state index contributed by atoms with van der Waals surface area (Å²) in [6.07, 6.45) is 4.52. The fraction of sp³-hybridized carbons (Fsp3) is 0.333. The van der Waals surface area contributed by atoms with Crippen LogP contribution in [0.5, 0.6) is 0 Å². The summed E-state index contributed by atoms with van der Waals surface area (Å²) in [7, 11) is 0. The highest BCUT2D eigenvalue weighted by Crippen LogP contribution is 2.05. The van der Waals surface area contributed by atoms with Gasteiger partial charge in [-0.05, 0) is 36.8 Å². The van der Waals surface area contributed by atoms with E-state index < -0.39 is 0 Å². The van der Waals surface area contributed by atoms with Gasteiger partial charge < -0.3 is 4.74 Å². The lowest BCUT2D eigenvalue weighted by Gasteiger charge is -2.05. The van der Waals surface area contributed by atoms with E-state index in [9.17, 15) is 0 Å². The molecule has 0 saturated carbocycles. The van der Waals surface area contributed by atoms with Crippen LogP contribution in [-0.2, 0) is 17.6 Å². The molecule has 1 heteroatoms. The quantitative estimate of drug-likeness (QED) is 0.639. The molecule has 0 aliphatic rings. The van der Waals surface area contributed by atoms with E-state index in [1.165, 1.54) is 17.5 Å². The number of ether oxygens (including phenoxy) is 1. The Hall–Kier alpha value is -1.60. The first kappa shape index (κ1) is 13.8. The van der Waals surface area contributed by atoms with Crippen LogP contribution in [0.15, 0.2) is 60.7 Å². The van der Waals surface area contributed by atoms with Gasteiger partial charge in [0.05, 0.1) is 6.61 Å². The Bertz CT molecular complexity index is 392. The third-order valence-electron chi connectivity index (χ3n) is 3.22. The summed E-state index contributed by atoms with van der Waals surface area (Å²) < 4.78 is 5.68. The largest absolute Gasteiger partial charge is 0.381 e. The van der Waals surface area contributed by atoms with Gasteiger partial charge in [-0.1, -0.05) is 60.7 Å². The Morgan fingerprint density at radius 3 is 1.79 bits per heavy atom. The van der Waals surface area contributed by atoms with Crippen molar-refractivity contribution in [3.63, 3.8) is 0 Å². The zero-order valence-corrected chi connectivity index (χ0v) is 11.4. The van der Waals surface area contributed by atoms with E-state index in [2.05, 4.69) is 54.6 Å². The van der Waals surface area contributed by atoms with Crippen molar-refractivity contribution in [2.45, 2.75) is 25.7 Å². The fourth-order valence-electron chi connectivity index (χ4n) is 2.11. The highest BCUT2D eigenvalue weighted by molar-refractivity contribution is 5.15. The number of aryl methyl sites for hydroxylation is 1. The van der Waals surface area contributed by atoms with Gasteiger partial charge in [0, 0.05) is 6.61 Å². The summed E-state index contributed by atoms with van der Waals surface area (Å²) in [5.74, 6) is 0. The third-order valence-corrected chi connectivity index (χ3v) is 3.22. The number of benzene rings is 2. The highest BCUT2D eigenvalue weighted by atomic mass is 16.5. The molecule has 2 aromatic carbocycles. The van der Waals surface area contributed by atoms with E-state index in [4.69, 9.17) is 4.74 Å². The minimum atomic E-state index is 0.829. The molecule has 0 fully saturated rings. The average molecular weight is 254 g/mol. The van der Waals surface area contributed by atoms with Crippen molar-refractivity contribution in [3.8, 4) is 0 Å². The lowest BCUT2D eigenvalue weighted by Crippen LogP contribution is -2.00. The molecule has 0 aliphatic carbocycles. The average Bonchev–Trinajstić information content (AvgIpc) is 2.48. The van der Waals surface area contributed by atoms with Crippen LogP contribution in [0, 0.1) is 0 Å². The molecule has 100 valence electrons. The van der Waals surface area contributed by atoms with Crippen LogP contribution in [0.1, 0.15) is 24.0 Å². The molecular weight excluding hydrogens is 232 g/mol. The minimum Gasteiger partial charge on any atom is -0.381 e. The van der Waals surface area contributed by atoms with E-state index in [0.717, 1.165) is 32.5 Å². The Kier molecular flexibility index (Phi) is 6.18. The molecule has 0 atom stereocenters. The van der Waals surface area contributed by atoms with Gasteiger partial charge in [0.15, 0.2) is 0 Å². The van der Waals surface area contributed by atoms with Crippen molar-refractivity contribution in [3.05, 3.63) is 71.8 Å². The predicted molar refractivity (Wildman–Crippen MR) is 80.3 cm³/mol. The Balaban J connectivity index is 1.49. The summed E-state index contributed by atoms with van der Waals surface area (Å²) in [5.41, 5.74) is 2.78. The molecule has 0 radical (unpaired) electrons. The van der Waals surface area contributed by atoms with E-state index in [0.29, 0.717) is 0 Å². The lowest BCUT2D eigenvalue weighted by atomic mass is 10.1. The molecule has 0 saturated heterocycles. The molecule has 2 aromatic rings. The topological polar surface area (TPSA) is 9.23 Å². The molecule has 0 N–H and O–H groups in total. The van der Waals surface area contributed by atoms with E-state index in [1.54, 1.807) is 0 Å². The first-order valence-corrected chi connectivity index (χ1v) is 7.11. The summed E-state index contributed by atoms with van der Waals surface area (Å²) in [4.78, 5) is 0. The Morgan fingerprint density at radius 2 is 1.16 bits per heavy atom. The minimum absolute atomic E-state index is 0.829. The van der Waals surface area contributed by atoms with Crippen LogP contribution in [-0.4, -0.2) is 13.2 Å². The molecule has 0 aromatic heterocycles. The molecule has 1 nitrogen and oxygen atoms in total. The third kappa shape index (κ3) is 5.71. The van der Waals surface area contributed by atoms with Crippen molar-refractivity contribution < 1.29 is 4.74 Å². The Morgan fingerprint density at radius 1 is 0.579 bits per heavy atom. The number of rotatable bonds is 8. The Labute approximate surface area is 116 Å². The summed E-state index contributed by atoms with van der Waals surface area (Å²) >= 11 is 0. The highest BCUT2D eigenvalue weighted by Gasteiger charge is 1.94. The molecule has 0 bridgehead atoms. The lowest BCUT2D eigenvalue weighted by molar-refractivity contribution is 0.133. The summed E-state index contributed by atoms with van der Waals surface area (Å²) in [6.45, 7) is 1.70. The van der Waals surface area contributed by atoms with Gasteiger partial charge in [0.25, 0.3) is 0 Å². The van der Waals surface area contributed by atoms with Crippen LogP contribution in [0.4, 0.5) is 0 Å². The van der Waals surface area contributed by atoms with Crippen molar-refractivity contribution >= 4 is 0 Å². The smallest absolute Gasteiger partial charge is 0.0506 e. The molecular formula is C18H22O. The van der Waals surface area contributed by atoms with Gasteiger partial charge in [0.2, 0.25) is 0 Å². The number of unbranched alkanes of at least 4 members (excludes halogenated alkanes) is 1. The van der Waals surface area contributed by atoms with Crippen LogP contribution in [0.3, 0.4) is 0 Å². The predicted octanol–water partition coefficient (Wildman–Crippen LogP) is 4.27. The zero-order chi connectivity index (χ0) is 13.2. The van der Waals surface area contributed by atoms with Crippen LogP contribution >= 0.6 is 0 Å². The maximum atomic E-state index is 5.68. The van der Waals surface area contributed by atoms with Gasteiger partial charge in [-0.2, -0.15) is 0 Å². The molecule has 0 heterocycles. The molecule has 0 spiro atoms. The number of hydrogen-bond acceptors (Lipinski definition) is 1. The fourth-order valence-corrected chi connectivity index (χ4v) is 2.11. The van der Waals surface area contributed by atoms with Gasteiger partial charge in [-0.3, -0.25) is 0 Å². The van der Waals surface area contributed by atoms with Crippen molar-refractivity contribution in [2.75, 3.05) is 13.2 Å². The van der Waals surface area contributed by atoms with Crippen LogP contribution in [0.2, 0.25) is 0 Å². The zero-order valence-electron chi connectivity index (χ0n) is 11.4. The second kappa shape index (κ2) is 8.49. The normalized spacial score (nSPS) is 10.5. The van der Waals surface area contributed by atoms with Gasteiger partial charge >= 0.3 is 0 Å². The van der Waals surface area contributed by atoms with Gasteiger partial charge in [0.1, 0.15) is 0 Å². The summed E-state index contributed by atoms with van der Waals surface area (Å²) in [6, 6.07) is 21.2. The van der Waals surface area contributed by atoms with Gasteiger partial charge in [-0.15, -0.1) is 0 Å². The first-order valence-electron chi connectivity index (χ1n) is 7.11. The second-order valence-electron chi connectivity index (χ2n) is 4.79. The van der Waals surface area contributed by atoms with Crippen LogP contribution in [0.25, 0.3) is 0 Å². The standard InChI is InChI=1S/C18H22O/c1-3-9-17(10-4-1)13-7-8-15-19-16-14-18-11-5-2-6-12-18/h1-6,9-12H,7-8,13-16H2. The first-order chi connectivity index (χ1) is 9.45. The SMILES string of the molecule is c1ccc(CCCCOCCc2ccccc2)cc1. The van der Waals surface area contributed by atoms with Gasteiger partial charge in [-0.25, -0.2) is 0 Å². The van der Waals surface area contributed by atoms with Crippen LogP contribution < -0.4 is 0 Å². The van der Waals surface area contributed by atoms with E-state index >= 15 is 0 Å². The monoisotopic (exact) mass is 254 g/mol. The van der Waals surface area contributed by atoms with Crippen molar-refractivity contribution in [1.29, 1.82) is 0 Å². The molecule has 0 unspecified atom stereocenters.